The van der Waals surface area contributed by atoms with Crippen molar-refractivity contribution in [1.82, 2.24) is 0 Å². The molecule has 0 unspecified atom stereocenters. The Kier molecular flexibility index (Phi) is 8.83. The SMILES string of the molecule is Nc1ccc2c(O)c(N=Nc3ccc(N=Nc4ccc5cc(S(=O)(=O)O)ccc5c4)c4ccc(S(=O)(=O)O)cc34)c(S(=O)(=O)O)cc2c1S(=O)(=O)O. The monoisotopic (exact) mass is 787 g/mol. The molecule has 0 radical (unpaired) electrons. The van der Waals surface area contributed by atoms with Crippen molar-refractivity contribution in [2.45, 2.75) is 19.6 Å². The van der Waals surface area contributed by atoms with Gasteiger partial charge in [-0.2, -0.15) is 38.8 Å². The zero-order valence-electron chi connectivity index (χ0n) is 25.6. The number of phenolic OH excluding ortho intramolecular Hbond substituents is 1. The van der Waals surface area contributed by atoms with E-state index in [2.05, 4.69) is 20.5 Å². The molecule has 0 saturated heterocycles. The lowest BCUT2D eigenvalue weighted by molar-refractivity contribution is 0.471. The van der Waals surface area contributed by atoms with E-state index in [-0.39, 0.29) is 32.4 Å². The highest BCUT2D eigenvalue weighted by Crippen LogP contribution is 2.45. The molecule has 0 aliphatic rings. The molecule has 0 heterocycles. The van der Waals surface area contributed by atoms with E-state index in [1.807, 2.05) is 0 Å². The first kappa shape index (κ1) is 36.3. The molecule has 52 heavy (non-hydrogen) atoms. The highest BCUT2D eigenvalue weighted by molar-refractivity contribution is 7.87. The molecule has 6 rings (SSSR count). The Bertz CT molecular complexity index is 3040. The van der Waals surface area contributed by atoms with Crippen LogP contribution in [0.2, 0.25) is 0 Å². The molecule has 6 aromatic rings. The quantitative estimate of drug-likeness (QED) is 0.0564. The van der Waals surface area contributed by atoms with Crippen molar-refractivity contribution in [1.29, 1.82) is 0 Å². The number of nitrogens with zero attached hydrogens (tertiary/aromatic N) is 4. The fourth-order valence-electron chi connectivity index (χ4n) is 5.27. The van der Waals surface area contributed by atoms with Crippen molar-refractivity contribution in [2.75, 3.05) is 5.73 Å². The number of anilines is 1. The van der Waals surface area contributed by atoms with Crippen LogP contribution in [0.4, 0.5) is 28.4 Å². The van der Waals surface area contributed by atoms with Gasteiger partial charge in [-0.05, 0) is 77.5 Å². The largest absolute Gasteiger partial charge is 0.505 e. The number of hydrogen-bond donors (Lipinski definition) is 6. The van der Waals surface area contributed by atoms with Crippen LogP contribution >= 0.6 is 0 Å². The highest BCUT2D eigenvalue weighted by Gasteiger charge is 2.27. The van der Waals surface area contributed by atoms with Crippen LogP contribution in [-0.4, -0.2) is 57.0 Å². The predicted octanol–water partition coefficient (Wildman–Crippen LogP) is 6.25. The normalized spacial score (nSPS) is 13.2. The van der Waals surface area contributed by atoms with Gasteiger partial charge >= 0.3 is 0 Å². The van der Waals surface area contributed by atoms with Gasteiger partial charge in [-0.15, -0.1) is 15.3 Å². The number of azo groups is 2. The number of fused-ring (bicyclic) bond motifs is 3. The second-order valence-corrected chi connectivity index (χ2v) is 16.5. The lowest BCUT2D eigenvalue weighted by Gasteiger charge is -2.12. The number of hydrogen-bond acceptors (Lipinski definition) is 14. The first-order valence-corrected chi connectivity index (χ1v) is 19.8. The van der Waals surface area contributed by atoms with E-state index >= 15 is 0 Å². The number of phenols is 1. The predicted molar refractivity (Wildman–Crippen MR) is 186 cm³/mol. The van der Waals surface area contributed by atoms with Crippen molar-refractivity contribution >= 4 is 101 Å². The molecule has 6 aromatic carbocycles. The third-order valence-corrected chi connectivity index (χ3v) is 11.2. The van der Waals surface area contributed by atoms with E-state index in [0.717, 1.165) is 24.3 Å². The van der Waals surface area contributed by atoms with Crippen LogP contribution in [0, 0.1) is 0 Å². The summed E-state index contributed by atoms with van der Waals surface area (Å²) in [6, 6.07) is 17.2. The van der Waals surface area contributed by atoms with Gasteiger partial charge in [0.1, 0.15) is 15.5 Å². The van der Waals surface area contributed by atoms with Gasteiger partial charge in [0.2, 0.25) is 0 Å². The van der Waals surface area contributed by atoms with Crippen LogP contribution in [0.1, 0.15) is 0 Å². The van der Waals surface area contributed by atoms with Crippen LogP contribution in [0.15, 0.2) is 125 Å². The van der Waals surface area contributed by atoms with E-state index in [0.29, 0.717) is 22.5 Å². The summed E-state index contributed by atoms with van der Waals surface area (Å²) in [7, 11) is -19.5. The fourth-order valence-corrected chi connectivity index (χ4v) is 7.76. The summed E-state index contributed by atoms with van der Waals surface area (Å²) in [6.07, 6.45) is 0. The van der Waals surface area contributed by atoms with Gasteiger partial charge in [-0.25, -0.2) is 0 Å². The maximum absolute atomic E-state index is 12.4. The Morgan fingerprint density at radius 2 is 1.04 bits per heavy atom. The van der Waals surface area contributed by atoms with Crippen molar-refractivity contribution in [3.05, 3.63) is 84.9 Å². The molecule has 22 heteroatoms. The van der Waals surface area contributed by atoms with Crippen LogP contribution in [-0.2, 0) is 40.5 Å². The van der Waals surface area contributed by atoms with E-state index in [1.165, 1.54) is 42.5 Å². The van der Waals surface area contributed by atoms with Crippen LogP contribution in [0.25, 0.3) is 32.3 Å². The standard InChI is InChI=1S/C30H21N5O13S4/c31-24-8-7-21-23(30(24)52(46,47)48)14-27(51(43,44)45)28(29(21)36)35-34-26-10-9-25(20-6-5-19(13-22(20)26)50(40,41)42)33-32-17-3-1-16-12-18(49(37,38)39)4-2-15(16)11-17/h1-14,36H,31H2,(H,37,38,39)(H,40,41,42)(H,43,44,45)(H,46,47,48). The molecule has 7 N–H and O–H groups in total. The van der Waals surface area contributed by atoms with E-state index in [4.69, 9.17) is 5.73 Å². The van der Waals surface area contributed by atoms with Gasteiger partial charge in [0.15, 0.2) is 5.75 Å². The van der Waals surface area contributed by atoms with Gasteiger partial charge in [-0.3, -0.25) is 18.2 Å². The number of aromatic hydroxyl groups is 1. The Morgan fingerprint density at radius 1 is 0.481 bits per heavy atom. The number of benzene rings is 6. The number of nitrogen functional groups attached to an aromatic ring is 1. The van der Waals surface area contributed by atoms with Crippen molar-refractivity contribution < 1.29 is 57.0 Å². The van der Waals surface area contributed by atoms with Gasteiger partial charge in [0.05, 0.1) is 32.5 Å². The molecule has 0 saturated carbocycles. The lowest BCUT2D eigenvalue weighted by atomic mass is 10.1. The summed E-state index contributed by atoms with van der Waals surface area (Å²) in [5.41, 5.74) is 4.59. The van der Waals surface area contributed by atoms with E-state index in [9.17, 15) is 57.0 Å². The molecule has 0 spiro atoms. The van der Waals surface area contributed by atoms with Gasteiger partial charge in [-0.1, -0.05) is 18.2 Å². The maximum Gasteiger partial charge on any atom is 0.297 e. The first-order chi connectivity index (χ1) is 24.1. The zero-order chi connectivity index (χ0) is 38.0. The highest BCUT2D eigenvalue weighted by atomic mass is 32.2. The Balaban J connectivity index is 1.49. The van der Waals surface area contributed by atoms with Crippen molar-refractivity contribution in [3.63, 3.8) is 0 Å². The van der Waals surface area contributed by atoms with Gasteiger partial charge in [0.25, 0.3) is 40.5 Å². The van der Waals surface area contributed by atoms with Crippen molar-refractivity contribution in [3.8, 4) is 5.75 Å². The Morgan fingerprint density at radius 3 is 1.67 bits per heavy atom. The molecule has 0 atom stereocenters. The number of rotatable bonds is 8. The summed E-state index contributed by atoms with van der Waals surface area (Å²) < 4.78 is 135. The first-order valence-electron chi connectivity index (χ1n) is 14.0. The summed E-state index contributed by atoms with van der Waals surface area (Å²) in [5, 5.41) is 27.5. The summed E-state index contributed by atoms with van der Waals surface area (Å²) >= 11 is 0. The molecular weight excluding hydrogens is 767 g/mol. The molecule has 268 valence electrons. The minimum atomic E-state index is -5.27. The second-order valence-electron chi connectivity index (χ2n) is 11.0. The molecule has 0 fully saturated rings. The summed E-state index contributed by atoms with van der Waals surface area (Å²) in [6.45, 7) is 0. The number of nitrogens with two attached hydrogens (primary N) is 1. The third-order valence-electron chi connectivity index (χ3n) is 7.61. The molecule has 0 aliphatic carbocycles. The molecule has 18 nitrogen and oxygen atoms in total. The minimum Gasteiger partial charge on any atom is -0.505 e. The van der Waals surface area contributed by atoms with Crippen LogP contribution in [0.5, 0.6) is 5.75 Å². The third kappa shape index (κ3) is 7.04. The lowest BCUT2D eigenvalue weighted by Crippen LogP contribution is -2.06. The minimum absolute atomic E-state index is 0.0262. The second kappa shape index (κ2) is 12.6. The zero-order valence-corrected chi connectivity index (χ0v) is 28.9. The van der Waals surface area contributed by atoms with E-state index < -0.39 is 77.7 Å². The molecule has 0 amide bonds. The van der Waals surface area contributed by atoms with Gasteiger partial charge < -0.3 is 10.8 Å². The Hall–Kier alpha value is -5.46. The van der Waals surface area contributed by atoms with Crippen LogP contribution in [0.3, 0.4) is 0 Å². The molecule has 0 aliphatic heterocycles. The Labute approximate surface area is 293 Å². The van der Waals surface area contributed by atoms with Crippen molar-refractivity contribution in [2.24, 2.45) is 20.5 Å². The molecule has 0 bridgehead atoms. The molecule has 0 aromatic heterocycles. The van der Waals surface area contributed by atoms with E-state index in [1.54, 1.807) is 12.1 Å². The summed E-state index contributed by atoms with van der Waals surface area (Å²) in [5.74, 6) is -0.989. The maximum atomic E-state index is 12.4. The topological polar surface area (TPSA) is 313 Å². The summed E-state index contributed by atoms with van der Waals surface area (Å²) in [4.78, 5) is -2.96. The average Bonchev–Trinajstić information content (AvgIpc) is 3.04. The molecular formula is C30H21N5O13S4. The smallest absolute Gasteiger partial charge is 0.297 e. The van der Waals surface area contributed by atoms with Gasteiger partial charge in [0, 0.05) is 21.5 Å². The van der Waals surface area contributed by atoms with Crippen LogP contribution < -0.4 is 5.73 Å². The average molecular weight is 788 g/mol. The fraction of sp³-hybridized carbons (Fsp3) is 0.